The number of nitrogens with one attached hydrogen (secondary N) is 2. The highest BCUT2D eigenvalue weighted by molar-refractivity contribution is 5.78. The molecule has 1 amide bonds. The Labute approximate surface area is 120 Å². The van der Waals surface area contributed by atoms with E-state index in [1.807, 2.05) is 0 Å². The van der Waals surface area contributed by atoms with E-state index in [2.05, 4.69) is 20.6 Å². The highest BCUT2D eigenvalue weighted by Gasteiger charge is 2.10. The number of aromatic nitrogens is 2. The molecule has 8 nitrogen and oxygen atoms in total. The van der Waals surface area contributed by atoms with Gasteiger partial charge in [0.05, 0.1) is 24.8 Å². The smallest absolute Gasteiger partial charge is 0.425 e. The lowest BCUT2D eigenvalue weighted by atomic mass is 10.3. The van der Waals surface area contributed by atoms with Crippen molar-refractivity contribution in [3.8, 4) is 5.75 Å². The minimum absolute atomic E-state index is 0.00805. The maximum atomic E-state index is 12.1. The van der Waals surface area contributed by atoms with Gasteiger partial charge in [-0.25, -0.2) is 15.2 Å². The van der Waals surface area contributed by atoms with Crippen molar-refractivity contribution in [2.24, 2.45) is 7.05 Å². The monoisotopic (exact) mass is 292 g/mol. The third kappa shape index (κ3) is 3.04. The molecule has 0 bridgehead atoms. The summed E-state index contributed by atoms with van der Waals surface area (Å²) in [7, 11) is 3.17. The molecule has 0 atom stereocenters. The van der Waals surface area contributed by atoms with Gasteiger partial charge in [-0.1, -0.05) is 0 Å². The molecule has 2 N–H and O–H groups in total. The molecule has 112 valence electrons. The maximum Gasteiger partial charge on any atom is 0.425 e. The lowest BCUT2D eigenvalue weighted by Crippen LogP contribution is -2.34. The molecular formula is C13H16N4O4. The molecule has 0 saturated carbocycles. The Morgan fingerprint density at radius 1 is 1.43 bits per heavy atom. The van der Waals surface area contributed by atoms with Crippen LogP contribution in [0.25, 0.3) is 11.0 Å². The Morgan fingerprint density at radius 2 is 2.19 bits per heavy atom. The summed E-state index contributed by atoms with van der Waals surface area (Å²) in [6.07, 6.45) is -0.688. The Balaban J connectivity index is 2.37. The number of fused-ring (bicyclic) bond motifs is 1. The normalized spacial score (nSPS) is 10.2. The van der Waals surface area contributed by atoms with Gasteiger partial charge in [-0.2, -0.15) is 0 Å². The zero-order valence-corrected chi connectivity index (χ0v) is 12.0. The number of benzene rings is 1. The maximum absolute atomic E-state index is 12.1. The lowest BCUT2D eigenvalue weighted by Gasteiger charge is -2.11. The third-order valence-corrected chi connectivity index (χ3v) is 2.84. The predicted octanol–water partition coefficient (Wildman–Crippen LogP) is 1.02. The summed E-state index contributed by atoms with van der Waals surface area (Å²) >= 11 is 0. The summed E-state index contributed by atoms with van der Waals surface area (Å²) in [5.74, 6) is 0.615. The molecule has 0 aliphatic rings. The molecule has 8 heteroatoms. The van der Waals surface area contributed by atoms with Crippen molar-refractivity contribution in [1.29, 1.82) is 0 Å². The summed E-state index contributed by atoms with van der Waals surface area (Å²) in [6.45, 7) is 1.91. The van der Waals surface area contributed by atoms with Gasteiger partial charge in [-0.3, -0.25) is 10.2 Å². The minimum atomic E-state index is -0.688. The third-order valence-electron chi connectivity index (χ3n) is 2.84. The average molecular weight is 292 g/mol. The quantitative estimate of drug-likeness (QED) is 0.817. The Hall–Kier alpha value is -2.77. The highest BCUT2D eigenvalue weighted by atomic mass is 16.5. The van der Waals surface area contributed by atoms with Crippen LogP contribution in [0.15, 0.2) is 23.0 Å². The van der Waals surface area contributed by atoms with Crippen molar-refractivity contribution in [2.45, 2.75) is 6.92 Å². The van der Waals surface area contributed by atoms with Crippen LogP contribution in [0, 0.1) is 0 Å². The van der Waals surface area contributed by atoms with Crippen molar-refractivity contribution < 1.29 is 14.3 Å². The van der Waals surface area contributed by atoms with Crippen molar-refractivity contribution in [3.05, 3.63) is 28.6 Å². The van der Waals surface area contributed by atoms with Gasteiger partial charge in [-0.15, -0.1) is 0 Å². The summed E-state index contributed by atoms with van der Waals surface area (Å²) in [5.41, 5.74) is 5.55. The Bertz CT molecular complexity index is 726. The van der Waals surface area contributed by atoms with Gasteiger partial charge in [0, 0.05) is 13.1 Å². The van der Waals surface area contributed by atoms with E-state index in [-0.39, 0.29) is 18.0 Å². The fourth-order valence-corrected chi connectivity index (χ4v) is 1.80. The number of hydrazine groups is 1. The van der Waals surface area contributed by atoms with Crippen LogP contribution in [0.1, 0.15) is 6.92 Å². The van der Waals surface area contributed by atoms with Gasteiger partial charge in [0.25, 0.3) is 5.56 Å². The number of hydrogen-bond acceptors (Lipinski definition) is 6. The second-order valence-electron chi connectivity index (χ2n) is 4.15. The molecule has 0 saturated heterocycles. The summed E-state index contributed by atoms with van der Waals surface area (Å²) in [6, 6.07) is 5.18. The topological polar surface area (TPSA) is 94.5 Å². The van der Waals surface area contributed by atoms with Crippen LogP contribution in [-0.2, 0) is 11.8 Å². The van der Waals surface area contributed by atoms with E-state index in [1.54, 1.807) is 39.3 Å². The Kier molecular flexibility index (Phi) is 4.27. The van der Waals surface area contributed by atoms with Crippen LogP contribution in [0.3, 0.4) is 0 Å². The molecule has 2 rings (SSSR count). The zero-order chi connectivity index (χ0) is 15.4. The first-order chi connectivity index (χ1) is 10.1. The van der Waals surface area contributed by atoms with E-state index in [0.29, 0.717) is 16.8 Å². The SMILES string of the molecule is CCOC(=O)NNc1nc2cc(OC)ccc2n(C)c1=O. The highest BCUT2D eigenvalue weighted by Crippen LogP contribution is 2.18. The van der Waals surface area contributed by atoms with Gasteiger partial charge in [-0.05, 0) is 19.1 Å². The van der Waals surface area contributed by atoms with E-state index >= 15 is 0 Å². The largest absolute Gasteiger partial charge is 0.497 e. The van der Waals surface area contributed by atoms with Crippen molar-refractivity contribution in [2.75, 3.05) is 19.1 Å². The number of anilines is 1. The molecule has 0 radical (unpaired) electrons. The van der Waals surface area contributed by atoms with Crippen molar-refractivity contribution in [3.63, 3.8) is 0 Å². The van der Waals surface area contributed by atoms with Crippen molar-refractivity contribution in [1.82, 2.24) is 15.0 Å². The molecule has 1 heterocycles. The number of methoxy groups -OCH3 is 1. The number of aryl methyl sites for hydroxylation is 1. The number of carbonyl (C=O) groups is 1. The summed E-state index contributed by atoms with van der Waals surface area (Å²) < 4.78 is 11.2. The zero-order valence-electron chi connectivity index (χ0n) is 12.0. The van der Waals surface area contributed by atoms with E-state index in [1.165, 1.54) is 4.57 Å². The van der Waals surface area contributed by atoms with Gasteiger partial charge < -0.3 is 14.0 Å². The van der Waals surface area contributed by atoms with Gasteiger partial charge in [0.15, 0.2) is 0 Å². The molecule has 1 aromatic carbocycles. The molecule has 0 aliphatic carbocycles. The molecule has 2 aromatic rings. The fourth-order valence-electron chi connectivity index (χ4n) is 1.80. The lowest BCUT2D eigenvalue weighted by molar-refractivity contribution is 0.154. The second-order valence-corrected chi connectivity index (χ2v) is 4.15. The van der Waals surface area contributed by atoms with Gasteiger partial charge in [0.2, 0.25) is 5.82 Å². The molecular weight excluding hydrogens is 276 g/mol. The number of hydrogen-bond donors (Lipinski definition) is 2. The van der Waals surface area contributed by atoms with Crippen LogP contribution in [-0.4, -0.2) is 29.4 Å². The molecule has 21 heavy (non-hydrogen) atoms. The number of ether oxygens (including phenoxy) is 2. The summed E-state index contributed by atoms with van der Waals surface area (Å²) in [5, 5.41) is 0. The van der Waals surface area contributed by atoms with Gasteiger partial charge >= 0.3 is 6.09 Å². The molecule has 1 aromatic heterocycles. The van der Waals surface area contributed by atoms with Crippen LogP contribution >= 0.6 is 0 Å². The van der Waals surface area contributed by atoms with E-state index in [4.69, 9.17) is 4.74 Å². The molecule has 0 unspecified atom stereocenters. The molecule has 0 spiro atoms. The molecule has 0 fully saturated rings. The predicted molar refractivity (Wildman–Crippen MR) is 77.3 cm³/mol. The number of carbonyl (C=O) groups excluding carboxylic acids is 1. The average Bonchev–Trinajstić information content (AvgIpc) is 2.49. The van der Waals surface area contributed by atoms with Gasteiger partial charge in [0.1, 0.15) is 5.75 Å². The molecule has 0 aliphatic heterocycles. The number of rotatable bonds is 4. The fraction of sp³-hybridized carbons (Fsp3) is 0.308. The minimum Gasteiger partial charge on any atom is -0.497 e. The number of amides is 1. The first-order valence-corrected chi connectivity index (χ1v) is 6.30. The van der Waals surface area contributed by atoms with Crippen LogP contribution < -0.4 is 21.1 Å². The first-order valence-electron chi connectivity index (χ1n) is 6.30. The Morgan fingerprint density at radius 3 is 2.86 bits per heavy atom. The van der Waals surface area contributed by atoms with E-state index in [9.17, 15) is 9.59 Å². The van der Waals surface area contributed by atoms with Crippen LogP contribution in [0.2, 0.25) is 0 Å². The summed E-state index contributed by atoms with van der Waals surface area (Å²) in [4.78, 5) is 27.5. The van der Waals surface area contributed by atoms with E-state index < -0.39 is 6.09 Å². The van der Waals surface area contributed by atoms with Crippen molar-refractivity contribution >= 4 is 22.9 Å². The van der Waals surface area contributed by atoms with Crippen LogP contribution in [0.4, 0.5) is 10.6 Å². The van der Waals surface area contributed by atoms with Crippen LogP contribution in [0.5, 0.6) is 5.75 Å². The second kappa shape index (κ2) is 6.12. The number of nitrogens with zero attached hydrogens (tertiary/aromatic N) is 2. The first kappa shape index (κ1) is 14.6. The van der Waals surface area contributed by atoms with E-state index in [0.717, 1.165) is 0 Å². The standard InChI is InChI=1S/C13H16N4O4/c1-4-21-13(19)16-15-11-12(18)17(2)10-6-5-8(20-3)7-9(10)14-11/h5-7H,4H2,1-3H3,(H,14,15)(H,16,19).